The number of pyridine rings is 1. The summed E-state index contributed by atoms with van der Waals surface area (Å²) in [6.45, 7) is 4.02. The smallest absolute Gasteiger partial charge is 0.0900 e. The molecule has 0 amide bonds. The molecule has 5 nitrogen and oxygen atoms in total. The van der Waals surface area contributed by atoms with Crippen molar-refractivity contribution in [1.29, 1.82) is 0 Å². The fourth-order valence-corrected chi connectivity index (χ4v) is 3.50. The van der Waals surface area contributed by atoms with Crippen molar-refractivity contribution < 1.29 is 9.84 Å². The van der Waals surface area contributed by atoms with Gasteiger partial charge in [0.2, 0.25) is 0 Å². The molecule has 26 heavy (non-hydrogen) atoms. The average Bonchev–Trinajstić information content (AvgIpc) is 2.68. The Morgan fingerprint density at radius 1 is 1.23 bits per heavy atom. The summed E-state index contributed by atoms with van der Waals surface area (Å²) in [7, 11) is 1.63. The van der Waals surface area contributed by atoms with Gasteiger partial charge in [-0.15, -0.1) is 0 Å². The SMILES string of the molecule is COCC(O)CN1CCC(NCc2cccc(-c3ccccn3)c2)CC1. The van der Waals surface area contributed by atoms with Crippen molar-refractivity contribution in [1.82, 2.24) is 15.2 Å². The molecule has 2 N–H and O–H groups in total. The van der Waals surface area contributed by atoms with Crippen molar-refractivity contribution in [2.45, 2.75) is 31.5 Å². The number of aromatic nitrogens is 1. The minimum atomic E-state index is -0.390. The molecule has 0 bridgehead atoms. The molecule has 3 rings (SSSR count). The van der Waals surface area contributed by atoms with Crippen molar-refractivity contribution in [3.63, 3.8) is 0 Å². The van der Waals surface area contributed by atoms with E-state index in [0.29, 0.717) is 19.2 Å². The zero-order chi connectivity index (χ0) is 18.2. The number of methoxy groups -OCH3 is 1. The number of piperidine rings is 1. The van der Waals surface area contributed by atoms with Crippen molar-refractivity contribution in [3.8, 4) is 11.3 Å². The van der Waals surface area contributed by atoms with E-state index >= 15 is 0 Å². The van der Waals surface area contributed by atoms with Gasteiger partial charge in [0, 0.05) is 38.0 Å². The topological polar surface area (TPSA) is 57.6 Å². The van der Waals surface area contributed by atoms with Gasteiger partial charge in [0.1, 0.15) is 0 Å². The summed E-state index contributed by atoms with van der Waals surface area (Å²) in [5.41, 5.74) is 3.45. The fraction of sp³-hybridized carbons (Fsp3) is 0.476. The van der Waals surface area contributed by atoms with E-state index in [0.717, 1.165) is 43.7 Å². The van der Waals surface area contributed by atoms with E-state index in [-0.39, 0.29) is 6.10 Å². The second-order valence-electron chi connectivity index (χ2n) is 6.98. The molecule has 2 heterocycles. The van der Waals surface area contributed by atoms with Gasteiger partial charge in [-0.25, -0.2) is 0 Å². The zero-order valence-corrected chi connectivity index (χ0v) is 15.5. The standard InChI is InChI=1S/C21H29N3O2/c1-26-16-20(25)15-24-11-8-19(9-12-24)23-14-17-5-4-6-18(13-17)21-7-2-3-10-22-21/h2-7,10,13,19-20,23,25H,8-9,11-12,14-16H2,1H3. The zero-order valence-electron chi connectivity index (χ0n) is 15.5. The summed E-state index contributed by atoms with van der Waals surface area (Å²) in [5, 5.41) is 13.5. The molecule has 0 saturated carbocycles. The molecule has 1 aromatic heterocycles. The number of ether oxygens (including phenoxy) is 1. The van der Waals surface area contributed by atoms with E-state index in [1.807, 2.05) is 24.4 Å². The second-order valence-corrected chi connectivity index (χ2v) is 6.98. The number of hydrogen-bond acceptors (Lipinski definition) is 5. The van der Waals surface area contributed by atoms with E-state index in [2.05, 4.69) is 39.5 Å². The molecular weight excluding hydrogens is 326 g/mol. The highest BCUT2D eigenvalue weighted by Crippen LogP contribution is 2.18. The Bertz CT molecular complexity index is 657. The third kappa shape index (κ3) is 5.61. The van der Waals surface area contributed by atoms with Gasteiger partial charge in [0.25, 0.3) is 0 Å². The lowest BCUT2D eigenvalue weighted by Gasteiger charge is -2.33. The number of nitrogens with zero attached hydrogens (tertiary/aromatic N) is 2. The highest BCUT2D eigenvalue weighted by molar-refractivity contribution is 5.59. The minimum Gasteiger partial charge on any atom is -0.389 e. The van der Waals surface area contributed by atoms with Crippen LogP contribution in [-0.4, -0.2) is 60.5 Å². The normalized spacial score (nSPS) is 17.3. The van der Waals surface area contributed by atoms with Crippen LogP contribution in [0, 0.1) is 0 Å². The maximum Gasteiger partial charge on any atom is 0.0900 e. The molecule has 1 saturated heterocycles. The van der Waals surface area contributed by atoms with E-state index in [1.165, 1.54) is 5.56 Å². The van der Waals surface area contributed by atoms with Crippen LogP contribution in [0.4, 0.5) is 0 Å². The van der Waals surface area contributed by atoms with Gasteiger partial charge in [0.05, 0.1) is 18.4 Å². The van der Waals surface area contributed by atoms with Crippen LogP contribution < -0.4 is 5.32 Å². The molecular formula is C21H29N3O2. The van der Waals surface area contributed by atoms with Crippen molar-refractivity contribution in [2.24, 2.45) is 0 Å². The lowest BCUT2D eigenvalue weighted by atomic mass is 10.0. The van der Waals surface area contributed by atoms with Crippen LogP contribution in [-0.2, 0) is 11.3 Å². The first-order valence-corrected chi connectivity index (χ1v) is 9.37. The van der Waals surface area contributed by atoms with Gasteiger partial charge in [-0.05, 0) is 49.7 Å². The Labute approximate surface area is 156 Å². The van der Waals surface area contributed by atoms with Crippen LogP contribution in [0.5, 0.6) is 0 Å². The van der Waals surface area contributed by atoms with Crippen LogP contribution in [0.15, 0.2) is 48.7 Å². The average molecular weight is 355 g/mol. The second kappa shape index (κ2) is 9.78. The molecule has 1 aromatic carbocycles. The third-order valence-electron chi connectivity index (χ3n) is 4.90. The molecule has 140 valence electrons. The molecule has 1 aliphatic heterocycles. The van der Waals surface area contributed by atoms with Crippen molar-refractivity contribution in [2.75, 3.05) is 33.4 Å². The number of hydrogen-bond donors (Lipinski definition) is 2. The first-order chi connectivity index (χ1) is 12.7. The summed E-state index contributed by atoms with van der Waals surface area (Å²) in [6.07, 6.45) is 3.66. The molecule has 5 heteroatoms. The van der Waals surface area contributed by atoms with Gasteiger partial charge in [0.15, 0.2) is 0 Å². The number of benzene rings is 1. The number of aliphatic hydroxyl groups is 1. The molecule has 0 spiro atoms. The molecule has 1 atom stereocenters. The van der Waals surface area contributed by atoms with Crippen molar-refractivity contribution in [3.05, 3.63) is 54.2 Å². The largest absolute Gasteiger partial charge is 0.389 e. The molecule has 1 unspecified atom stereocenters. The molecule has 1 aliphatic rings. The van der Waals surface area contributed by atoms with E-state index in [1.54, 1.807) is 7.11 Å². The number of β-amino-alcohol motifs (C(OH)–C–C–N with tert-alkyl or cyclic N) is 1. The Morgan fingerprint density at radius 2 is 2.08 bits per heavy atom. The maximum absolute atomic E-state index is 9.85. The van der Waals surface area contributed by atoms with Crippen LogP contribution in [0.3, 0.4) is 0 Å². The summed E-state index contributed by atoms with van der Waals surface area (Å²) >= 11 is 0. The van der Waals surface area contributed by atoms with Gasteiger partial charge in [-0.3, -0.25) is 4.98 Å². The number of aliphatic hydroxyl groups excluding tert-OH is 1. The van der Waals surface area contributed by atoms with Crippen LogP contribution >= 0.6 is 0 Å². The summed E-state index contributed by atoms with van der Waals surface area (Å²) in [5.74, 6) is 0. The molecule has 2 aromatic rings. The number of likely N-dealkylation sites (tertiary alicyclic amines) is 1. The summed E-state index contributed by atoms with van der Waals surface area (Å²) in [4.78, 5) is 6.75. The Balaban J connectivity index is 1.46. The van der Waals surface area contributed by atoms with Gasteiger partial charge in [-0.2, -0.15) is 0 Å². The van der Waals surface area contributed by atoms with Crippen molar-refractivity contribution >= 4 is 0 Å². The van der Waals surface area contributed by atoms with E-state index in [4.69, 9.17) is 4.74 Å². The third-order valence-corrected chi connectivity index (χ3v) is 4.90. The van der Waals surface area contributed by atoms with E-state index in [9.17, 15) is 5.11 Å². The maximum atomic E-state index is 9.85. The highest BCUT2D eigenvalue weighted by Gasteiger charge is 2.20. The van der Waals surface area contributed by atoms with Crippen LogP contribution in [0.25, 0.3) is 11.3 Å². The molecule has 0 radical (unpaired) electrons. The number of nitrogens with one attached hydrogen (secondary N) is 1. The van der Waals surface area contributed by atoms with Crippen LogP contribution in [0.1, 0.15) is 18.4 Å². The quantitative estimate of drug-likeness (QED) is 0.761. The lowest BCUT2D eigenvalue weighted by molar-refractivity contribution is 0.0310. The molecule has 0 aliphatic carbocycles. The van der Waals surface area contributed by atoms with Crippen LogP contribution in [0.2, 0.25) is 0 Å². The Morgan fingerprint density at radius 3 is 2.81 bits per heavy atom. The minimum absolute atomic E-state index is 0.390. The Kier molecular flexibility index (Phi) is 7.14. The Hall–Kier alpha value is -1.79. The predicted molar refractivity (Wildman–Crippen MR) is 104 cm³/mol. The molecule has 1 fully saturated rings. The first-order valence-electron chi connectivity index (χ1n) is 9.37. The fourth-order valence-electron chi connectivity index (χ4n) is 3.50. The predicted octanol–water partition coefficient (Wildman–Crippen LogP) is 2.31. The summed E-state index contributed by atoms with van der Waals surface area (Å²) in [6, 6.07) is 15.1. The first kappa shape index (κ1) is 19.0. The van der Waals surface area contributed by atoms with E-state index < -0.39 is 0 Å². The van der Waals surface area contributed by atoms with Gasteiger partial charge < -0.3 is 20.1 Å². The number of rotatable bonds is 8. The monoisotopic (exact) mass is 355 g/mol. The highest BCUT2D eigenvalue weighted by atomic mass is 16.5. The van der Waals surface area contributed by atoms with Gasteiger partial charge >= 0.3 is 0 Å². The van der Waals surface area contributed by atoms with Gasteiger partial charge in [-0.1, -0.05) is 24.3 Å². The lowest BCUT2D eigenvalue weighted by Crippen LogP contribution is -2.45. The summed E-state index contributed by atoms with van der Waals surface area (Å²) < 4.78 is 5.00.